The van der Waals surface area contributed by atoms with Gasteiger partial charge in [-0.15, -0.1) is 0 Å². The zero-order chi connectivity index (χ0) is 14.3. The lowest BCUT2D eigenvalue weighted by molar-refractivity contribution is 0.183. The molecule has 0 saturated carbocycles. The van der Waals surface area contributed by atoms with Crippen LogP contribution in [0.5, 0.6) is 0 Å². The van der Waals surface area contributed by atoms with Crippen molar-refractivity contribution in [2.75, 3.05) is 33.9 Å². The fourth-order valence-electron chi connectivity index (χ4n) is 2.13. The topological polar surface area (TPSA) is 36.9 Å². The molecule has 1 aliphatic heterocycles. The van der Waals surface area contributed by atoms with Gasteiger partial charge in [0.25, 0.3) is 0 Å². The maximum atomic E-state index is 5.12. The number of hydrogen-bond donors (Lipinski definition) is 1. The second-order valence-corrected chi connectivity index (χ2v) is 5.91. The molecule has 0 atom stereocenters. The third kappa shape index (κ3) is 6.21. The average molecular weight is 267 g/mol. The van der Waals surface area contributed by atoms with Gasteiger partial charge < -0.3 is 15.0 Å². The third-order valence-corrected chi connectivity index (χ3v) is 3.52. The summed E-state index contributed by atoms with van der Waals surface area (Å²) in [5, 5.41) is 3.34. The molecule has 0 unspecified atom stereocenters. The van der Waals surface area contributed by atoms with Crippen molar-refractivity contribution in [3.05, 3.63) is 11.9 Å². The Morgan fingerprint density at radius 1 is 1.47 bits per heavy atom. The Bertz CT molecular complexity index is 334. The molecule has 1 N–H and O–H groups in total. The van der Waals surface area contributed by atoms with Crippen LogP contribution in [0.4, 0.5) is 0 Å². The van der Waals surface area contributed by atoms with Gasteiger partial charge in [0.2, 0.25) is 0 Å². The molecule has 0 amide bonds. The molecular formula is C15H29N3O. The molecule has 0 bridgehead atoms. The third-order valence-electron chi connectivity index (χ3n) is 3.52. The van der Waals surface area contributed by atoms with Crippen LogP contribution in [-0.2, 0) is 4.74 Å². The van der Waals surface area contributed by atoms with Gasteiger partial charge in [0, 0.05) is 57.1 Å². The van der Waals surface area contributed by atoms with Crippen LogP contribution in [0.3, 0.4) is 0 Å². The Morgan fingerprint density at radius 2 is 2.21 bits per heavy atom. The summed E-state index contributed by atoms with van der Waals surface area (Å²) in [4.78, 5) is 7.13. The molecule has 0 aliphatic carbocycles. The SMILES string of the molecule is CNC(C)(C)CC1=CN(CCCOC)CCC(C)=N1. The minimum Gasteiger partial charge on any atom is -0.385 e. The number of hydrogen-bond acceptors (Lipinski definition) is 4. The molecule has 0 radical (unpaired) electrons. The maximum Gasteiger partial charge on any atom is 0.0579 e. The molecule has 4 heteroatoms. The summed E-state index contributed by atoms with van der Waals surface area (Å²) in [6.07, 6.45) is 5.29. The summed E-state index contributed by atoms with van der Waals surface area (Å²) in [6.45, 7) is 9.46. The lowest BCUT2D eigenvalue weighted by Crippen LogP contribution is -2.36. The quantitative estimate of drug-likeness (QED) is 0.720. The Balaban J connectivity index is 2.67. The highest BCUT2D eigenvalue weighted by atomic mass is 16.5. The van der Waals surface area contributed by atoms with Crippen molar-refractivity contribution in [1.82, 2.24) is 10.2 Å². The van der Waals surface area contributed by atoms with Gasteiger partial charge in [0.1, 0.15) is 0 Å². The van der Waals surface area contributed by atoms with Gasteiger partial charge in [0.15, 0.2) is 0 Å². The van der Waals surface area contributed by atoms with E-state index in [0.717, 1.165) is 39.0 Å². The summed E-state index contributed by atoms with van der Waals surface area (Å²) < 4.78 is 5.12. The van der Waals surface area contributed by atoms with Crippen LogP contribution in [0.25, 0.3) is 0 Å². The highest BCUT2D eigenvalue weighted by Crippen LogP contribution is 2.20. The van der Waals surface area contributed by atoms with E-state index in [4.69, 9.17) is 9.73 Å². The van der Waals surface area contributed by atoms with E-state index >= 15 is 0 Å². The van der Waals surface area contributed by atoms with Gasteiger partial charge in [-0.3, -0.25) is 4.99 Å². The van der Waals surface area contributed by atoms with Crippen LogP contribution in [-0.4, -0.2) is 50.0 Å². The summed E-state index contributed by atoms with van der Waals surface area (Å²) in [6, 6.07) is 0. The highest BCUT2D eigenvalue weighted by Gasteiger charge is 2.19. The van der Waals surface area contributed by atoms with E-state index in [1.807, 2.05) is 7.05 Å². The number of nitrogens with zero attached hydrogens (tertiary/aromatic N) is 2. The number of methoxy groups -OCH3 is 1. The summed E-state index contributed by atoms with van der Waals surface area (Å²) in [7, 11) is 3.76. The summed E-state index contributed by atoms with van der Waals surface area (Å²) >= 11 is 0. The van der Waals surface area contributed by atoms with Gasteiger partial charge in [-0.1, -0.05) is 0 Å². The molecule has 1 heterocycles. The smallest absolute Gasteiger partial charge is 0.0579 e. The van der Waals surface area contributed by atoms with Crippen LogP contribution < -0.4 is 5.32 Å². The number of ether oxygens (including phenoxy) is 1. The fraction of sp³-hybridized carbons (Fsp3) is 0.800. The van der Waals surface area contributed by atoms with Crippen LogP contribution >= 0.6 is 0 Å². The minimum atomic E-state index is 0.0815. The molecule has 0 aromatic rings. The van der Waals surface area contributed by atoms with Gasteiger partial charge in [0.05, 0.1) is 5.70 Å². The van der Waals surface area contributed by atoms with Crippen molar-refractivity contribution in [2.45, 2.75) is 45.6 Å². The predicted octanol–water partition coefficient (Wildman–Crippen LogP) is 2.42. The van der Waals surface area contributed by atoms with Crippen molar-refractivity contribution < 1.29 is 4.74 Å². The first-order chi connectivity index (χ1) is 8.96. The Labute approximate surface area is 117 Å². The van der Waals surface area contributed by atoms with E-state index in [0.29, 0.717) is 0 Å². The lowest BCUT2D eigenvalue weighted by atomic mass is 9.99. The summed E-state index contributed by atoms with van der Waals surface area (Å²) in [5.41, 5.74) is 2.48. The minimum absolute atomic E-state index is 0.0815. The van der Waals surface area contributed by atoms with Gasteiger partial charge >= 0.3 is 0 Å². The van der Waals surface area contributed by atoms with E-state index in [2.05, 4.69) is 37.2 Å². The van der Waals surface area contributed by atoms with E-state index in [9.17, 15) is 0 Å². The van der Waals surface area contributed by atoms with Crippen molar-refractivity contribution >= 4 is 5.71 Å². The first-order valence-corrected chi connectivity index (χ1v) is 7.13. The Kier molecular flexibility index (Phi) is 6.52. The Hall–Kier alpha value is -0.870. The normalized spacial score (nSPS) is 17.0. The molecular weight excluding hydrogens is 238 g/mol. The van der Waals surface area contributed by atoms with E-state index in [-0.39, 0.29) is 5.54 Å². The van der Waals surface area contributed by atoms with Crippen molar-refractivity contribution in [1.29, 1.82) is 0 Å². The molecule has 1 aliphatic rings. The van der Waals surface area contributed by atoms with E-state index < -0.39 is 0 Å². The summed E-state index contributed by atoms with van der Waals surface area (Å²) in [5.74, 6) is 0. The van der Waals surface area contributed by atoms with E-state index in [1.165, 1.54) is 11.4 Å². The Morgan fingerprint density at radius 3 is 2.84 bits per heavy atom. The van der Waals surface area contributed by atoms with Crippen molar-refractivity contribution in [3.63, 3.8) is 0 Å². The fourth-order valence-corrected chi connectivity index (χ4v) is 2.13. The largest absolute Gasteiger partial charge is 0.385 e. The molecule has 110 valence electrons. The molecule has 0 aromatic carbocycles. The van der Waals surface area contributed by atoms with Crippen molar-refractivity contribution in [2.24, 2.45) is 4.99 Å². The maximum absolute atomic E-state index is 5.12. The molecule has 0 spiro atoms. The molecule has 19 heavy (non-hydrogen) atoms. The number of nitrogens with one attached hydrogen (secondary N) is 1. The monoisotopic (exact) mass is 267 g/mol. The van der Waals surface area contributed by atoms with Gasteiger partial charge in [-0.25, -0.2) is 0 Å². The zero-order valence-electron chi connectivity index (χ0n) is 13.1. The second-order valence-electron chi connectivity index (χ2n) is 5.91. The van der Waals surface area contributed by atoms with Crippen molar-refractivity contribution in [3.8, 4) is 0 Å². The zero-order valence-corrected chi connectivity index (χ0v) is 13.1. The molecule has 1 rings (SSSR count). The highest BCUT2D eigenvalue weighted by molar-refractivity contribution is 5.83. The number of aliphatic imine (C=N–C) groups is 1. The first kappa shape index (κ1) is 16.2. The lowest BCUT2D eigenvalue weighted by Gasteiger charge is -2.25. The van der Waals surface area contributed by atoms with E-state index in [1.54, 1.807) is 7.11 Å². The van der Waals surface area contributed by atoms with Gasteiger partial charge in [-0.2, -0.15) is 0 Å². The van der Waals surface area contributed by atoms with Crippen LogP contribution in [0.15, 0.2) is 16.9 Å². The van der Waals surface area contributed by atoms with Crippen LogP contribution in [0.1, 0.15) is 40.0 Å². The average Bonchev–Trinajstić information content (AvgIpc) is 2.51. The predicted molar refractivity (Wildman–Crippen MR) is 81.6 cm³/mol. The van der Waals surface area contributed by atoms with Crippen LogP contribution in [0, 0.1) is 0 Å². The van der Waals surface area contributed by atoms with Crippen LogP contribution in [0.2, 0.25) is 0 Å². The standard InChI is InChI=1S/C15H29N3O/c1-13-7-9-18(8-6-10-19-5)12-14(17-13)11-15(2,3)16-4/h12,16H,6-11H2,1-5H3. The molecule has 4 nitrogen and oxygen atoms in total. The molecule has 0 saturated heterocycles. The number of rotatable bonds is 7. The van der Waals surface area contributed by atoms with Gasteiger partial charge in [-0.05, 0) is 34.2 Å². The molecule has 0 aromatic heterocycles. The first-order valence-electron chi connectivity index (χ1n) is 7.13. The molecule has 0 fully saturated rings. The second kappa shape index (κ2) is 7.65.